The van der Waals surface area contributed by atoms with Crippen LogP contribution < -0.4 is 9.47 Å². The minimum Gasteiger partial charge on any atom is -0.491 e. The molecule has 2 atom stereocenters. The highest BCUT2D eigenvalue weighted by molar-refractivity contribution is 6.14. The smallest absolute Gasteiger partial charge is 0.333 e. The number of carbonyl (C=O) groups is 3. The Morgan fingerprint density at radius 2 is 1.10 bits per heavy atom. The fourth-order valence-electron chi connectivity index (χ4n) is 2.98. The molecule has 0 aliphatic carbocycles. The molecule has 1 heterocycles. The van der Waals surface area contributed by atoms with E-state index < -0.39 is 36.5 Å². The average molecular weight is 428 g/mol. The average Bonchev–Trinajstić information content (AvgIpc) is 2.78. The van der Waals surface area contributed by atoms with E-state index in [0.29, 0.717) is 11.5 Å². The fourth-order valence-corrected chi connectivity index (χ4v) is 2.98. The van der Waals surface area contributed by atoms with Crippen molar-refractivity contribution in [1.82, 2.24) is 9.80 Å². The summed E-state index contributed by atoms with van der Waals surface area (Å²) in [6.07, 6.45) is -2.81. The van der Waals surface area contributed by atoms with Crippen LogP contribution in [0.1, 0.15) is 6.42 Å². The number of ether oxygens (including phenoxy) is 2. The van der Waals surface area contributed by atoms with E-state index in [9.17, 15) is 24.6 Å². The number of hydrogen-bond acceptors (Lipinski definition) is 7. The molecule has 2 aromatic carbocycles. The number of benzene rings is 2. The van der Waals surface area contributed by atoms with Gasteiger partial charge in [-0.2, -0.15) is 0 Å². The number of para-hydroxylation sites is 2. The number of nitrogens with zero attached hydrogens (tertiary/aromatic N) is 2. The van der Waals surface area contributed by atoms with E-state index in [-0.39, 0.29) is 26.3 Å². The van der Waals surface area contributed by atoms with Gasteiger partial charge in [0, 0.05) is 0 Å². The van der Waals surface area contributed by atoms with E-state index in [2.05, 4.69) is 0 Å². The summed E-state index contributed by atoms with van der Waals surface area (Å²) in [5.74, 6) is -0.340. The van der Waals surface area contributed by atoms with Gasteiger partial charge in [0.15, 0.2) is 0 Å². The summed E-state index contributed by atoms with van der Waals surface area (Å²) in [5.41, 5.74) is 0. The number of imide groups is 2. The third-order valence-electron chi connectivity index (χ3n) is 4.52. The van der Waals surface area contributed by atoms with Crippen LogP contribution in [0.4, 0.5) is 4.79 Å². The summed E-state index contributed by atoms with van der Waals surface area (Å²) in [4.78, 5) is 38.6. The Balaban J connectivity index is 1.53. The zero-order valence-corrected chi connectivity index (χ0v) is 16.8. The summed E-state index contributed by atoms with van der Waals surface area (Å²) < 4.78 is 10.9. The first-order valence-electron chi connectivity index (χ1n) is 9.80. The van der Waals surface area contributed by atoms with E-state index in [1.807, 2.05) is 12.1 Å². The van der Waals surface area contributed by atoms with Crippen molar-refractivity contribution in [2.45, 2.75) is 18.6 Å². The Morgan fingerprint density at radius 3 is 1.48 bits per heavy atom. The lowest BCUT2D eigenvalue weighted by atomic mass is 10.2. The summed E-state index contributed by atoms with van der Waals surface area (Å²) in [6, 6.07) is 16.7. The van der Waals surface area contributed by atoms with Gasteiger partial charge in [0.1, 0.15) is 43.3 Å². The zero-order chi connectivity index (χ0) is 22.2. The third kappa shape index (κ3) is 6.27. The van der Waals surface area contributed by atoms with Gasteiger partial charge in [0.05, 0.1) is 13.1 Å². The van der Waals surface area contributed by atoms with Crippen molar-refractivity contribution in [2.75, 3.05) is 26.3 Å². The number of amides is 4. The second-order valence-electron chi connectivity index (χ2n) is 7.02. The molecule has 2 aromatic rings. The Kier molecular flexibility index (Phi) is 7.58. The molecule has 0 radical (unpaired) electrons. The largest absolute Gasteiger partial charge is 0.491 e. The minimum absolute atomic E-state index is 0.136. The van der Waals surface area contributed by atoms with Crippen molar-refractivity contribution in [1.29, 1.82) is 0 Å². The van der Waals surface area contributed by atoms with Crippen LogP contribution >= 0.6 is 0 Å². The Labute approximate surface area is 179 Å². The van der Waals surface area contributed by atoms with Crippen molar-refractivity contribution >= 4 is 17.8 Å². The summed E-state index contributed by atoms with van der Waals surface area (Å²) in [5, 5.41) is 20.4. The van der Waals surface area contributed by atoms with Crippen molar-refractivity contribution in [3.63, 3.8) is 0 Å². The molecule has 0 spiro atoms. The molecule has 0 saturated carbocycles. The number of rotatable bonds is 10. The van der Waals surface area contributed by atoms with Gasteiger partial charge >= 0.3 is 6.03 Å². The minimum atomic E-state index is -1.14. The topological polar surface area (TPSA) is 117 Å². The quantitative estimate of drug-likeness (QED) is 0.543. The van der Waals surface area contributed by atoms with Crippen LogP contribution in [-0.2, 0) is 9.59 Å². The molecule has 3 rings (SSSR count). The first kappa shape index (κ1) is 22.3. The van der Waals surface area contributed by atoms with Gasteiger partial charge in [0.2, 0.25) is 11.8 Å². The monoisotopic (exact) mass is 428 g/mol. The van der Waals surface area contributed by atoms with Crippen LogP contribution in [0.3, 0.4) is 0 Å². The van der Waals surface area contributed by atoms with Gasteiger partial charge in [-0.15, -0.1) is 0 Å². The molecule has 31 heavy (non-hydrogen) atoms. The highest BCUT2D eigenvalue weighted by Gasteiger charge is 2.39. The maximum absolute atomic E-state index is 12.7. The van der Waals surface area contributed by atoms with E-state index in [4.69, 9.17) is 9.47 Å². The Hall–Kier alpha value is -3.43. The zero-order valence-electron chi connectivity index (χ0n) is 16.8. The van der Waals surface area contributed by atoms with Crippen molar-refractivity contribution in [2.24, 2.45) is 0 Å². The number of barbiturate groups is 1. The Bertz CT molecular complexity index is 820. The maximum atomic E-state index is 12.7. The summed E-state index contributed by atoms with van der Waals surface area (Å²) in [6.45, 7) is -0.930. The molecule has 0 aromatic heterocycles. The van der Waals surface area contributed by atoms with Gasteiger partial charge < -0.3 is 19.7 Å². The molecule has 4 amide bonds. The SMILES string of the molecule is O=C1CC(=O)N(CC(O)COc2ccccc2)C(=O)N1CC(O)COc1ccccc1. The fraction of sp³-hybridized carbons (Fsp3) is 0.318. The molecular weight excluding hydrogens is 404 g/mol. The number of β-amino-alcohol motifs (C(OH)–C–C–N with tert-alkyl or cyclic N) is 2. The van der Waals surface area contributed by atoms with Crippen LogP contribution in [0, 0.1) is 0 Å². The molecule has 9 heteroatoms. The normalized spacial score (nSPS) is 16.3. The second kappa shape index (κ2) is 10.6. The first-order chi connectivity index (χ1) is 14.9. The number of urea groups is 1. The van der Waals surface area contributed by atoms with Crippen molar-refractivity contribution < 1.29 is 34.1 Å². The summed E-state index contributed by atoms with van der Waals surface area (Å²) >= 11 is 0. The number of hydrogen-bond donors (Lipinski definition) is 2. The molecule has 164 valence electrons. The molecule has 2 N–H and O–H groups in total. The van der Waals surface area contributed by atoms with Gasteiger partial charge in [-0.05, 0) is 24.3 Å². The predicted molar refractivity (Wildman–Crippen MR) is 109 cm³/mol. The molecule has 1 saturated heterocycles. The number of aliphatic hydroxyl groups is 2. The van der Waals surface area contributed by atoms with Gasteiger partial charge in [-0.1, -0.05) is 36.4 Å². The Morgan fingerprint density at radius 1 is 0.710 bits per heavy atom. The molecule has 9 nitrogen and oxygen atoms in total. The van der Waals surface area contributed by atoms with Crippen molar-refractivity contribution in [3.8, 4) is 11.5 Å². The van der Waals surface area contributed by atoms with Gasteiger partial charge in [0.25, 0.3) is 0 Å². The van der Waals surface area contributed by atoms with Crippen LogP contribution in [-0.4, -0.2) is 76.4 Å². The second-order valence-corrected chi connectivity index (χ2v) is 7.02. The van der Waals surface area contributed by atoms with Crippen LogP contribution in [0.25, 0.3) is 0 Å². The third-order valence-corrected chi connectivity index (χ3v) is 4.52. The van der Waals surface area contributed by atoms with Crippen LogP contribution in [0.2, 0.25) is 0 Å². The van der Waals surface area contributed by atoms with Crippen LogP contribution in [0.15, 0.2) is 60.7 Å². The molecule has 1 fully saturated rings. The van der Waals surface area contributed by atoms with E-state index in [1.54, 1.807) is 48.5 Å². The van der Waals surface area contributed by atoms with E-state index >= 15 is 0 Å². The molecular formula is C22H24N2O7. The highest BCUT2D eigenvalue weighted by atomic mass is 16.5. The predicted octanol–water partition coefficient (Wildman–Crippen LogP) is 1.05. The lowest BCUT2D eigenvalue weighted by Gasteiger charge is -2.34. The standard InChI is InChI=1S/C22H24N2O7/c25-16(14-30-18-7-3-1-4-8-18)12-23-20(27)11-21(28)24(22(23)29)13-17(26)15-31-19-9-5-2-6-10-19/h1-10,16-17,25-26H,11-15H2. The molecule has 1 aliphatic heterocycles. The maximum Gasteiger partial charge on any atom is 0.333 e. The lowest BCUT2D eigenvalue weighted by Crippen LogP contribution is -2.58. The first-order valence-corrected chi connectivity index (χ1v) is 9.80. The van der Waals surface area contributed by atoms with Crippen molar-refractivity contribution in [3.05, 3.63) is 60.7 Å². The van der Waals surface area contributed by atoms with Crippen LogP contribution in [0.5, 0.6) is 11.5 Å². The highest BCUT2D eigenvalue weighted by Crippen LogP contribution is 2.15. The van der Waals surface area contributed by atoms with E-state index in [0.717, 1.165) is 9.80 Å². The summed E-state index contributed by atoms with van der Waals surface area (Å²) in [7, 11) is 0. The number of carbonyl (C=O) groups excluding carboxylic acids is 3. The molecule has 2 unspecified atom stereocenters. The van der Waals surface area contributed by atoms with Gasteiger partial charge in [-0.25, -0.2) is 4.79 Å². The number of aliphatic hydroxyl groups excluding tert-OH is 2. The van der Waals surface area contributed by atoms with E-state index in [1.165, 1.54) is 0 Å². The molecule has 0 bridgehead atoms. The van der Waals surface area contributed by atoms with Gasteiger partial charge in [-0.3, -0.25) is 19.4 Å². The molecule has 1 aliphatic rings. The lowest BCUT2D eigenvalue weighted by molar-refractivity contribution is -0.144.